The quantitative estimate of drug-likeness (QED) is 0.0728. The molecule has 0 bridgehead atoms. The molecule has 0 spiro atoms. The number of rotatable bonds is 13. The predicted octanol–water partition coefficient (Wildman–Crippen LogP) is 13.2. The largest absolute Gasteiger partial charge is 0.282 e. The van der Waals surface area contributed by atoms with Crippen LogP contribution in [-0.4, -0.2) is 16.5 Å². The summed E-state index contributed by atoms with van der Waals surface area (Å²) in [6.45, 7) is 16.3. The van der Waals surface area contributed by atoms with E-state index in [1.54, 1.807) is 54.8 Å². The maximum atomic E-state index is 8.90. The van der Waals surface area contributed by atoms with Crippen molar-refractivity contribution in [3.8, 4) is 22.3 Å². The minimum absolute atomic E-state index is 0.0775. The van der Waals surface area contributed by atoms with E-state index >= 15 is 0 Å². The summed E-state index contributed by atoms with van der Waals surface area (Å²) in [5.74, 6) is -0.0775. The van der Waals surface area contributed by atoms with Crippen molar-refractivity contribution in [3.63, 3.8) is 0 Å². The van der Waals surface area contributed by atoms with Crippen LogP contribution in [0, 0.1) is 5.41 Å². The standard InChI is InChI=1S/C51H41N3/c1-5-6-13-45-34-46-16-10-11-17-47(46)35-48(45)25-21-38(3)37(2)19-20-39(4)51(52)54-50(44-30-28-42(29-31-44)41-14-8-7-9-15-41)32-24-40-22-26-43(27-23-40)49-18-12-33-53-36-49/h5-36,52H,1-4H2/b13-6-,20-19-,25-21-,32-24+,52-51?,54-50?/i7D,8D,9D,14D,15D. The number of nitrogens with one attached hydrogen (secondary N) is 1. The van der Waals surface area contributed by atoms with Gasteiger partial charge in [-0.05, 0) is 85.1 Å². The molecular formula is C51H41N3. The number of fused-ring (bicyclic) bond motifs is 1. The van der Waals surface area contributed by atoms with E-state index in [0.29, 0.717) is 33.6 Å². The van der Waals surface area contributed by atoms with E-state index in [-0.39, 0.29) is 23.5 Å². The van der Waals surface area contributed by atoms with Gasteiger partial charge in [-0.3, -0.25) is 10.4 Å². The highest BCUT2D eigenvalue weighted by Gasteiger charge is 2.07. The van der Waals surface area contributed by atoms with Crippen LogP contribution >= 0.6 is 0 Å². The second-order valence-corrected chi connectivity index (χ2v) is 12.3. The lowest BCUT2D eigenvalue weighted by Gasteiger charge is -2.07. The van der Waals surface area contributed by atoms with Gasteiger partial charge in [-0.2, -0.15) is 0 Å². The molecule has 0 amide bonds. The van der Waals surface area contributed by atoms with Gasteiger partial charge < -0.3 is 0 Å². The van der Waals surface area contributed by atoms with Crippen LogP contribution in [0.1, 0.15) is 29.1 Å². The smallest absolute Gasteiger partial charge is 0.151 e. The molecule has 260 valence electrons. The van der Waals surface area contributed by atoms with Crippen molar-refractivity contribution in [3.05, 3.63) is 241 Å². The molecule has 0 fully saturated rings. The Morgan fingerprint density at radius 3 is 1.93 bits per heavy atom. The molecule has 3 nitrogen and oxygen atoms in total. The zero-order chi connectivity index (χ0) is 42.1. The van der Waals surface area contributed by atoms with Crippen molar-refractivity contribution in [1.29, 1.82) is 5.41 Å². The predicted molar refractivity (Wildman–Crippen MR) is 234 cm³/mol. The molecule has 0 saturated heterocycles. The zero-order valence-electron chi connectivity index (χ0n) is 34.8. The Hall–Kier alpha value is -7.23. The Morgan fingerprint density at radius 2 is 1.26 bits per heavy atom. The highest BCUT2D eigenvalue weighted by atomic mass is 14.8. The van der Waals surface area contributed by atoms with Crippen LogP contribution in [0.2, 0.25) is 0 Å². The lowest BCUT2D eigenvalue weighted by Crippen LogP contribution is -2.03. The second kappa shape index (κ2) is 17.8. The summed E-state index contributed by atoms with van der Waals surface area (Å²) in [4.78, 5) is 8.89. The fourth-order valence-corrected chi connectivity index (χ4v) is 5.51. The van der Waals surface area contributed by atoms with Gasteiger partial charge in [0.15, 0.2) is 5.84 Å². The van der Waals surface area contributed by atoms with E-state index in [1.165, 1.54) is 0 Å². The molecule has 1 N–H and O–H groups in total. The maximum Gasteiger partial charge on any atom is 0.151 e. The Morgan fingerprint density at radius 1 is 0.630 bits per heavy atom. The topological polar surface area (TPSA) is 49.1 Å². The molecule has 0 aliphatic carbocycles. The van der Waals surface area contributed by atoms with Gasteiger partial charge in [-0.25, -0.2) is 4.99 Å². The van der Waals surface area contributed by atoms with Crippen molar-refractivity contribution in [1.82, 2.24) is 4.98 Å². The lowest BCUT2D eigenvalue weighted by molar-refractivity contribution is 1.33. The van der Waals surface area contributed by atoms with Gasteiger partial charge in [0.25, 0.3) is 0 Å². The summed E-state index contributed by atoms with van der Waals surface area (Å²) in [6, 6.07) is 29.4. The molecule has 0 aliphatic heterocycles. The van der Waals surface area contributed by atoms with Crippen LogP contribution < -0.4 is 0 Å². The van der Waals surface area contributed by atoms with E-state index in [4.69, 9.17) is 12.3 Å². The molecular weight excluding hydrogens is 655 g/mol. The Labute approximate surface area is 325 Å². The number of amidine groups is 1. The van der Waals surface area contributed by atoms with E-state index in [2.05, 4.69) is 60.6 Å². The second-order valence-electron chi connectivity index (χ2n) is 12.3. The minimum Gasteiger partial charge on any atom is -0.282 e. The van der Waals surface area contributed by atoms with Crippen molar-refractivity contribution < 1.29 is 6.85 Å². The molecule has 1 aromatic heterocycles. The molecule has 3 heteroatoms. The molecule has 54 heavy (non-hydrogen) atoms. The van der Waals surface area contributed by atoms with Crippen LogP contribution in [-0.2, 0) is 0 Å². The van der Waals surface area contributed by atoms with Crippen molar-refractivity contribution in [2.24, 2.45) is 4.99 Å². The summed E-state index contributed by atoms with van der Waals surface area (Å²) in [5.41, 5.74) is 8.33. The highest BCUT2D eigenvalue weighted by molar-refractivity contribution is 6.18. The first-order valence-electron chi connectivity index (χ1n) is 19.7. The number of benzene rings is 5. The van der Waals surface area contributed by atoms with Crippen LogP contribution in [0.5, 0.6) is 0 Å². The van der Waals surface area contributed by atoms with Gasteiger partial charge in [-0.15, -0.1) is 0 Å². The third-order valence-electron chi connectivity index (χ3n) is 8.57. The molecule has 0 atom stereocenters. The Bertz CT molecular complexity index is 2740. The van der Waals surface area contributed by atoms with E-state index in [1.807, 2.05) is 85.1 Å². The monoisotopic (exact) mass is 700 g/mol. The van der Waals surface area contributed by atoms with E-state index < -0.39 is 18.1 Å². The molecule has 5 aromatic carbocycles. The molecule has 0 aliphatic rings. The third kappa shape index (κ3) is 9.55. The first kappa shape index (κ1) is 30.4. The molecule has 1 heterocycles. The first-order chi connectivity index (χ1) is 28.4. The van der Waals surface area contributed by atoms with Crippen LogP contribution in [0.15, 0.2) is 224 Å². The molecule has 6 aromatic rings. The molecule has 0 unspecified atom stereocenters. The summed E-state index contributed by atoms with van der Waals surface area (Å²) in [6.07, 6.45) is 20.3. The summed E-state index contributed by atoms with van der Waals surface area (Å²) < 4.78 is 41.0. The van der Waals surface area contributed by atoms with Crippen molar-refractivity contribution in [2.75, 3.05) is 0 Å². The minimum atomic E-state index is -0.447. The van der Waals surface area contributed by atoms with Crippen LogP contribution in [0.4, 0.5) is 0 Å². The van der Waals surface area contributed by atoms with Gasteiger partial charge in [-0.1, -0.05) is 184 Å². The average Bonchev–Trinajstić information content (AvgIpc) is 3.27. The SMILES string of the molecule is [2H]c1c([2H])c([2H])c(-c2ccc(C(/C=C/c3ccc(-c4cccnc4)cc3)=NC(=N)C(=C)/C=C\C(=C)C(=C)/C=C\c3cc4ccccc4cc3/C=C\C=C)cc2)c([2H])c1[2H]. The number of aromatic nitrogens is 1. The third-order valence-corrected chi connectivity index (χ3v) is 8.57. The molecule has 0 radical (unpaired) electrons. The molecule has 0 saturated carbocycles. The van der Waals surface area contributed by atoms with Gasteiger partial charge in [0, 0.05) is 23.5 Å². The Balaban J connectivity index is 1.25. The zero-order valence-corrected chi connectivity index (χ0v) is 29.8. The van der Waals surface area contributed by atoms with E-state index in [9.17, 15) is 0 Å². The van der Waals surface area contributed by atoms with Crippen molar-refractivity contribution in [2.45, 2.75) is 0 Å². The van der Waals surface area contributed by atoms with Crippen LogP contribution in [0.25, 0.3) is 51.3 Å². The van der Waals surface area contributed by atoms with Gasteiger partial charge in [0.1, 0.15) is 0 Å². The number of allylic oxidation sites excluding steroid dienone is 7. The normalized spacial score (nSPS) is 13.2. The number of hydrogen-bond donors (Lipinski definition) is 1. The maximum absolute atomic E-state index is 8.90. The van der Waals surface area contributed by atoms with E-state index in [0.717, 1.165) is 38.6 Å². The first-order valence-corrected chi connectivity index (χ1v) is 17.2. The average molecular weight is 701 g/mol. The van der Waals surface area contributed by atoms with Crippen LogP contribution in [0.3, 0.4) is 0 Å². The number of hydrogen-bond acceptors (Lipinski definition) is 2. The van der Waals surface area contributed by atoms with Gasteiger partial charge in [0.05, 0.1) is 12.6 Å². The Kier molecular flexibility index (Phi) is 10.0. The number of pyridine rings is 1. The molecule has 6 rings (SSSR count). The number of nitrogens with zero attached hydrogens (tertiary/aromatic N) is 2. The summed E-state index contributed by atoms with van der Waals surface area (Å²) in [5, 5.41) is 11.2. The van der Waals surface area contributed by atoms with Crippen molar-refractivity contribution >= 4 is 40.5 Å². The number of aliphatic imine (C=N–C) groups is 1. The highest BCUT2D eigenvalue weighted by Crippen LogP contribution is 2.25. The van der Waals surface area contributed by atoms with Gasteiger partial charge >= 0.3 is 0 Å². The lowest BCUT2D eigenvalue weighted by atomic mass is 9.98. The summed E-state index contributed by atoms with van der Waals surface area (Å²) >= 11 is 0. The fraction of sp³-hybridized carbons (Fsp3) is 0. The summed E-state index contributed by atoms with van der Waals surface area (Å²) in [7, 11) is 0. The fourth-order valence-electron chi connectivity index (χ4n) is 5.51. The van der Waals surface area contributed by atoms with Gasteiger partial charge in [0.2, 0.25) is 0 Å².